The highest BCUT2D eigenvalue weighted by Gasteiger charge is 2.39. The molecule has 21 heavy (non-hydrogen) atoms. The summed E-state index contributed by atoms with van der Waals surface area (Å²) in [7, 11) is 0. The summed E-state index contributed by atoms with van der Waals surface area (Å²) < 4.78 is 0. The zero-order chi connectivity index (χ0) is 15.1. The van der Waals surface area contributed by atoms with Gasteiger partial charge in [0.05, 0.1) is 25.2 Å². The van der Waals surface area contributed by atoms with Crippen LogP contribution in [-0.4, -0.2) is 24.7 Å². The molecule has 1 fully saturated rings. The molecule has 1 aromatic carbocycles. The van der Waals surface area contributed by atoms with E-state index in [-0.39, 0.29) is 0 Å². The van der Waals surface area contributed by atoms with Crippen molar-refractivity contribution in [2.75, 3.05) is 19.6 Å². The number of hydrogen-bond donors (Lipinski definition) is 2. The van der Waals surface area contributed by atoms with Gasteiger partial charge >= 0.3 is 0 Å². The quantitative estimate of drug-likeness (QED) is 0.793. The molecular weight excluding hydrogens is 258 g/mol. The fourth-order valence-electron chi connectivity index (χ4n) is 3.86. The fraction of sp³-hybridized carbons (Fsp3) is 0.684. The van der Waals surface area contributed by atoms with Crippen LogP contribution in [0.25, 0.3) is 0 Å². The van der Waals surface area contributed by atoms with Gasteiger partial charge in [-0.25, -0.2) is 0 Å². The van der Waals surface area contributed by atoms with Gasteiger partial charge in [-0.3, -0.25) is 0 Å². The van der Waals surface area contributed by atoms with Crippen LogP contribution in [0.3, 0.4) is 0 Å². The summed E-state index contributed by atoms with van der Waals surface area (Å²) in [6, 6.07) is 10.4. The van der Waals surface area contributed by atoms with Gasteiger partial charge in [0, 0.05) is 6.42 Å². The summed E-state index contributed by atoms with van der Waals surface area (Å²) >= 11 is 0. The molecule has 0 bridgehead atoms. The largest absolute Gasteiger partial charge is 0.385 e. The van der Waals surface area contributed by atoms with Gasteiger partial charge in [-0.05, 0) is 38.2 Å². The monoisotopic (exact) mass is 290 g/mol. The second-order valence-electron chi connectivity index (χ2n) is 6.58. The maximum Gasteiger partial charge on any atom is 0.0978 e. The van der Waals surface area contributed by atoms with E-state index in [1.165, 1.54) is 32.1 Å². The predicted octanol–water partition coefficient (Wildman–Crippen LogP) is 2.77. The highest BCUT2D eigenvalue weighted by molar-refractivity contribution is 5.23. The van der Waals surface area contributed by atoms with E-state index >= 15 is 0 Å². The van der Waals surface area contributed by atoms with Gasteiger partial charge in [0.2, 0.25) is 0 Å². The second-order valence-corrected chi connectivity index (χ2v) is 6.58. The van der Waals surface area contributed by atoms with Gasteiger partial charge in [0.15, 0.2) is 0 Å². The van der Waals surface area contributed by atoms with Crippen molar-refractivity contribution in [3.8, 4) is 0 Å². The van der Waals surface area contributed by atoms with Crippen LogP contribution in [-0.2, 0) is 5.60 Å². The molecule has 0 aromatic heterocycles. The molecular formula is C19H32NO+. The minimum absolute atomic E-state index is 0.434. The van der Waals surface area contributed by atoms with E-state index in [4.69, 9.17) is 0 Å². The Morgan fingerprint density at radius 3 is 2.24 bits per heavy atom. The first kappa shape index (κ1) is 16.5. The summed E-state index contributed by atoms with van der Waals surface area (Å²) in [5.41, 5.74) is 0.500. The molecule has 0 heterocycles. The summed E-state index contributed by atoms with van der Waals surface area (Å²) in [4.78, 5) is 1.58. The Balaban J connectivity index is 2.17. The Bertz CT molecular complexity index is 395. The van der Waals surface area contributed by atoms with Gasteiger partial charge < -0.3 is 10.0 Å². The molecule has 1 atom stereocenters. The van der Waals surface area contributed by atoms with Crippen LogP contribution in [0.1, 0.15) is 57.9 Å². The number of aliphatic hydroxyl groups is 1. The standard InChI is InChI=1S/C19H31NO/c1-3-20(4-2)16-15-19(21,17-11-7-5-8-12-17)18-13-9-6-10-14-18/h5,7-8,11-12,18,21H,3-4,6,9-10,13-16H2,1-2H3/p+1. The Morgan fingerprint density at radius 2 is 1.67 bits per heavy atom. The van der Waals surface area contributed by atoms with Crippen LogP contribution in [0.2, 0.25) is 0 Å². The molecule has 1 saturated carbocycles. The van der Waals surface area contributed by atoms with Crippen LogP contribution in [0.15, 0.2) is 30.3 Å². The third-order valence-electron chi connectivity index (χ3n) is 5.41. The molecule has 0 saturated heterocycles. The summed E-state index contributed by atoms with van der Waals surface area (Å²) in [6.45, 7) is 7.83. The lowest BCUT2D eigenvalue weighted by Gasteiger charge is -2.39. The first-order valence-corrected chi connectivity index (χ1v) is 8.82. The van der Waals surface area contributed by atoms with E-state index in [1.807, 2.05) is 6.07 Å². The van der Waals surface area contributed by atoms with Gasteiger partial charge in [-0.1, -0.05) is 49.6 Å². The van der Waals surface area contributed by atoms with E-state index in [0.717, 1.165) is 31.6 Å². The molecule has 1 aliphatic carbocycles. The van der Waals surface area contributed by atoms with Crippen molar-refractivity contribution in [1.29, 1.82) is 0 Å². The van der Waals surface area contributed by atoms with Gasteiger partial charge in [0.25, 0.3) is 0 Å². The van der Waals surface area contributed by atoms with Gasteiger partial charge in [-0.15, -0.1) is 0 Å². The molecule has 0 aliphatic heterocycles. The van der Waals surface area contributed by atoms with Crippen LogP contribution in [0.4, 0.5) is 0 Å². The molecule has 2 rings (SSSR count). The molecule has 1 unspecified atom stereocenters. The first-order chi connectivity index (χ1) is 10.2. The lowest BCUT2D eigenvalue weighted by molar-refractivity contribution is -0.897. The Hall–Kier alpha value is -0.860. The number of hydrogen-bond acceptors (Lipinski definition) is 1. The minimum atomic E-state index is -0.628. The van der Waals surface area contributed by atoms with E-state index in [9.17, 15) is 5.11 Å². The molecule has 2 heteroatoms. The maximum absolute atomic E-state index is 11.5. The summed E-state index contributed by atoms with van der Waals surface area (Å²) in [6.07, 6.45) is 7.13. The molecule has 0 radical (unpaired) electrons. The van der Waals surface area contributed by atoms with Crippen molar-refractivity contribution >= 4 is 0 Å². The maximum atomic E-state index is 11.5. The topological polar surface area (TPSA) is 24.7 Å². The van der Waals surface area contributed by atoms with Crippen LogP contribution in [0, 0.1) is 5.92 Å². The van der Waals surface area contributed by atoms with Gasteiger partial charge in [0.1, 0.15) is 0 Å². The Morgan fingerprint density at radius 1 is 1.05 bits per heavy atom. The molecule has 0 amide bonds. The Labute approximate surface area is 130 Å². The highest BCUT2D eigenvalue weighted by atomic mass is 16.3. The third-order valence-corrected chi connectivity index (χ3v) is 5.41. The van der Waals surface area contributed by atoms with E-state index in [0.29, 0.717) is 5.92 Å². The van der Waals surface area contributed by atoms with Crippen molar-refractivity contribution in [3.63, 3.8) is 0 Å². The van der Waals surface area contributed by atoms with Crippen molar-refractivity contribution in [1.82, 2.24) is 0 Å². The predicted molar refractivity (Wildman–Crippen MR) is 88.4 cm³/mol. The smallest absolute Gasteiger partial charge is 0.0978 e. The average Bonchev–Trinajstić information content (AvgIpc) is 2.57. The molecule has 1 aliphatic rings. The van der Waals surface area contributed by atoms with E-state index in [2.05, 4.69) is 38.1 Å². The zero-order valence-corrected chi connectivity index (χ0v) is 13.8. The molecule has 118 valence electrons. The second kappa shape index (κ2) is 7.95. The normalized spacial score (nSPS) is 19.6. The highest BCUT2D eigenvalue weighted by Crippen LogP contribution is 2.41. The Kier molecular flexibility index (Phi) is 6.25. The van der Waals surface area contributed by atoms with E-state index in [1.54, 1.807) is 4.90 Å². The van der Waals surface area contributed by atoms with Crippen LogP contribution in [0.5, 0.6) is 0 Å². The van der Waals surface area contributed by atoms with Crippen molar-refractivity contribution in [2.24, 2.45) is 5.92 Å². The van der Waals surface area contributed by atoms with Crippen molar-refractivity contribution in [3.05, 3.63) is 35.9 Å². The molecule has 2 N–H and O–H groups in total. The molecule has 1 aromatic rings. The number of quaternary nitrogens is 1. The number of nitrogens with one attached hydrogen (secondary N) is 1. The van der Waals surface area contributed by atoms with Crippen LogP contribution >= 0.6 is 0 Å². The SMILES string of the molecule is CC[NH+](CC)CCC(O)(c1ccccc1)C1CCCCC1. The number of benzene rings is 1. The van der Waals surface area contributed by atoms with Crippen molar-refractivity contribution in [2.45, 2.75) is 58.0 Å². The average molecular weight is 290 g/mol. The molecule has 2 nitrogen and oxygen atoms in total. The zero-order valence-electron chi connectivity index (χ0n) is 13.8. The number of rotatable bonds is 7. The third kappa shape index (κ3) is 4.08. The fourth-order valence-corrected chi connectivity index (χ4v) is 3.86. The van der Waals surface area contributed by atoms with E-state index < -0.39 is 5.60 Å². The lowest BCUT2D eigenvalue weighted by atomic mass is 9.71. The lowest BCUT2D eigenvalue weighted by Crippen LogP contribution is -3.11. The van der Waals surface area contributed by atoms with Crippen molar-refractivity contribution < 1.29 is 10.0 Å². The first-order valence-electron chi connectivity index (χ1n) is 8.82. The summed E-state index contributed by atoms with van der Waals surface area (Å²) in [5.74, 6) is 0.434. The van der Waals surface area contributed by atoms with Gasteiger partial charge in [-0.2, -0.15) is 0 Å². The molecule has 0 spiro atoms. The van der Waals surface area contributed by atoms with Crippen LogP contribution < -0.4 is 4.90 Å². The minimum Gasteiger partial charge on any atom is -0.385 e. The summed E-state index contributed by atoms with van der Waals surface area (Å²) in [5, 5.41) is 11.5.